The number of ether oxygens (including phenoxy) is 2. The van der Waals surface area contributed by atoms with Gasteiger partial charge in [-0.15, -0.1) is 0 Å². The van der Waals surface area contributed by atoms with Gasteiger partial charge in [0.25, 0.3) is 5.91 Å². The fourth-order valence-electron chi connectivity index (χ4n) is 7.18. The van der Waals surface area contributed by atoms with Gasteiger partial charge < -0.3 is 34.8 Å². The molecule has 0 spiro atoms. The fraction of sp³-hybridized carbons (Fsp3) is 0.296. The normalized spacial score (nSPS) is 27.3. The molecule has 1 amide bonds. The lowest BCUT2D eigenvalue weighted by molar-refractivity contribution is -0.253. The van der Waals surface area contributed by atoms with Crippen molar-refractivity contribution in [3.05, 3.63) is 53.6 Å². The molecule has 8 heteroatoms. The number of benzene rings is 3. The lowest BCUT2D eigenvalue weighted by atomic mass is 9.93. The second-order valence-corrected chi connectivity index (χ2v) is 10.1. The van der Waals surface area contributed by atoms with E-state index in [-0.39, 0.29) is 23.9 Å². The van der Waals surface area contributed by atoms with Crippen LogP contribution in [0.25, 0.3) is 43.6 Å². The number of aromatic hydroxyl groups is 1. The summed E-state index contributed by atoms with van der Waals surface area (Å²) in [6.07, 6.45) is -0.257. The summed E-state index contributed by atoms with van der Waals surface area (Å²) >= 11 is 0. The van der Waals surface area contributed by atoms with Crippen molar-refractivity contribution >= 4 is 49.5 Å². The summed E-state index contributed by atoms with van der Waals surface area (Å²) in [6, 6.07) is 13.4. The topological polar surface area (TPSA) is 104 Å². The molecule has 0 radical (unpaired) electrons. The number of phenolic OH excluding ortho intramolecular Hbond substituents is 1. The molecule has 2 aromatic heterocycles. The third-order valence-corrected chi connectivity index (χ3v) is 8.36. The Hall–Kier alpha value is -3.59. The van der Waals surface area contributed by atoms with E-state index < -0.39 is 11.8 Å². The molecular formula is C27H24N4O4. The standard InChI is InChI=1S/C27H24N4O4/c1-27-25(34-2)15(28)10-18(35-27)30-16-8-4-3-6-12(16)20-21-14(11-29-26(21)33)19-13-7-5-9-17(32)22(13)31(27)24(19)23(20)30/h3-9,15,18,25,32H,10-11,28H2,1-2H3,(H,29,33). The summed E-state index contributed by atoms with van der Waals surface area (Å²) in [5.41, 5.74) is 10.9. The van der Waals surface area contributed by atoms with E-state index in [4.69, 9.17) is 15.2 Å². The number of methoxy groups -OCH3 is 1. The number of phenols is 1. The predicted molar refractivity (Wildman–Crippen MR) is 132 cm³/mol. The van der Waals surface area contributed by atoms with Crippen LogP contribution in [-0.2, 0) is 21.7 Å². The van der Waals surface area contributed by atoms with Crippen molar-refractivity contribution in [2.45, 2.75) is 44.0 Å². The van der Waals surface area contributed by atoms with Crippen LogP contribution in [0.2, 0.25) is 0 Å². The molecule has 5 heterocycles. The summed E-state index contributed by atoms with van der Waals surface area (Å²) in [6.45, 7) is 2.43. The van der Waals surface area contributed by atoms with E-state index >= 15 is 0 Å². The predicted octanol–water partition coefficient (Wildman–Crippen LogP) is 3.80. The summed E-state index contributed by atoms with van der Waals surface area (Å²) in [5, 5.41) is 18.0. The highest BCUT2D eigenvalue weighted by Gasteiger charge is 2.52. The number of nitrogens with two attached hydrogens (primary N) is 1. The largest absolute Gasteiger partial charge is 0.506 e. The maximum atomic E-state index is 13.3. The summed E-state index contributed by atoms with van der Waals surface area (Å²) in [4.78, 5) is 13.3. The number of nitrogens with zero attached hydrogens (tertiary/aromatic N) is 2. The van der Waals surface area contributed by atoms with Crippen molar-refractivity contribution < 1.29 is 19.4 Å². The molecule has 1 saturated heterocycles. The van der Waals surface area contributed by atoms with Gasteiger partial charge in [-0.3, -0.25) is 4.79 Å². The molecule has 4 atom stereocenters. The molecular weight excluding hydrogens is 444 g/mol. The molecule has 4 unspecified atom stereocenters. The number of nitrogens with one attached hydrogen (secondary N) is 1. The Morgan fingerprint density at radius 2 is 1.91 bits per heavy atom. The van der Waals surface area contributed by atoms with E-state index in [2.05, 4.69) is 26.6 Å². The minimum absolute atomic E-state index is 0.0725. The second-order valence-electron chi connectivity index (χ2n) is 10.1. The quantitative estimate of drug-likeness (QED) is 0.347. The summed E-state index contributed by atoms with van der Waals surface area (Å²) in [7, 11) is 1.66. The van der Waals surface area contributed by atoms with Crippen LogP contribution >= 0.6 is 0 Å². The van der Waals surface area contributed by atoms with E-state index in [1.807, 2.05) is 31.2 Å². The van der Waals surface area contributed by atoms with Crippen LogP contribution in [0.1, 0.15) is 35.5 Å². The molecule has 2 bridgehead atoms. The van der Waals surface area contributed by atoms with Crippen molar-refractivity contribution in [1.29, 1.82) is 0 Å². The number of carbonyl (C=O) groups excluding carboxylic acids is 1. The molecule has 8 rings (SSSR count). The van der Waals surface area contributed by atoms with E-state index in [1.54, 1.807) is 13.2 Å². The van der Waals surface area contributed by atoms with E-state index in [0.29, 0.717) is 24.0 Å². The first kappa shape index (κ1) is 19.7. The lowest BCUT2D eigenvalue weighted by Crippen LogP contribution is -2.59. The van der Waals surface area contributed by atoms with Crippen molar-refractivity contribution in [3.8, 4) is 5.75 Å². The third-order valence-electron chi connectivity index (χ3n) is 8.36. The Balaban J connectivity index is 1.76. The SMILES string of the molecule is COC1C(N)CC2OC1(C)n1c3c(O)cccc3c3c4c(c5c6ccccc6n2c5c31)C(=O)NC4. The summed E-state index contributed by atoms with van der Waals surface area (Å²) in [5.74, 6) is 0.0782. The highest BCUT2D eigenvalue weighted by Crippen LogP contribution is 2.54. The number of hydrogen-bond donors (Lipinski definition) is 3. The smallest absolute Gasteiger partial charge is 0.252 e. The molecule has 3 aliphatic heterocycles. The zero-order chi connectivity index (χ0) is 23.8. The zero-order valence-corrected chi connectivity index (χ0v) is 19.3. The van der Waals surface area contributed by atoms with Gasteiger partial charge in [-0.25, -0.2) is 0 Å². The average molecular weight is 469 g/mol. The molecule has 1 fully saturated rings. The van der Waals surface area contributed by atoms with Crippen molar-refractivity contribution in [2.24, 2.45) is 5.73 Å². The Morgan fingerprint density at radius 1 is 1.11 bits per heavy atom. The third kappa shape index (κ3) is 2.05. The monoisotopic (exact) mass is 468 g/mol. The average Bonchev–Trinajstić information content (AvgIpc) is 3.47. The van der Waals surface area contributed by atoms with Crippen LogP contribution in [0.15, 0.2) is 42.5 Å². The Bertz CT molecular complexity index is 1780. The number of aromatic nitrogens is 2. The molecule has 5 aromatic rings. The van der Waals surface area contributed by atoms with Gasteiger partial charge in [-0.1, -0.05) is 30.3 Å². The van der Waals surface area contributed by atoms with Crippen LogP contribution in [0, 0.1) is 0 Å². The van der Waals surface area contributed by atoms with Crippen LogP contribution in [-0.4, -0.2) is 39.4 Å². The Labute approximate surface area is 199 Å². The van der Waals surface area contributed by atoms with Gasteiger partial charge in [0.2, 0.25) is 0 Å². The second kappa shape index (κ2) is 6.15. The van der Waals surface area contributed by atoms with Crippen LogP contribution in [0.5, 0.6) is 5.75 Å². The van der Waals surface area contributed by atoms with Crippen molar-refractivity contribution in [1.82, 2.24) is 14.5 Å². The lowest BCUT2D eigenvalue weighted by Gasteiger charge is -2.47. The van der Waals surface area contributed by atoms with Gasteiger partial charge >= 0.3 is 0 Å². The van der Waals surface area contributed by atoms with Gasteiger partial charge in [0.1, 0.15) is 18.1 Å². The summed E-state index contributed by atoms with van der Waals surface area (Å²) < 4.78 is 17.2. The molecule has 0 saturated carbocycles. The number of fused-ring (bicyclic) bond motifs is 13. The molecule has 35 heavy (non-hydrogen) atoms. The molecule has 4 N–H and O–H groups in total. The van der Waals surface area contributed by atoms with Gasteiger partial charge in [0.05, 0.1) is 27.6 Å². The van der Waals surface area contributed by atoms with E-state index in [0.717, 1.165) is 43.7 Å². The minimum atomic E-state index is -0.993. The van der Waals surface area contributed by atoms with Crippen LogP contribution in [0.4, 0.5) is 0 Å². The fourth-order valence-corrected chi connectivity index (χ4v) is 7.18. The van der Waals surface area contributed by atoms with Crippen LogP contribution in [0.3, 0.4) is 0 Å². The first-order valence-corrected chi connectivity index (χ1v) is 11.9. The van der Waals surface area contributed by atoms with Crippen molar-refractivity contribution in [2.75, 3.05) is 7.11 Å². The Kier molecular flexibility index (Phi) is 3.46. The van der Waals surface area contributed by atoms with Gasteiger partial charge in [-0.2, -0.15) is 0 Å². The van der Waals surface area contributed by atoms with E-state index in [1.165, 1.54) is 0 Å². The molecule has 8 nitrogen and oxygen atoms in total. The molecule has 3 aromatic carbocycles. The number of para-hydroxylation sites is 2. The number of amides is 1. The van der Waals surface area contributed by atoms with Gasteiger partial charge in [0.15, 0.2) is 5.72 Å². The maximum Gasteiger partial charge on any atom is 0.252 e. The van der Waals surface area contributed by atoms with Crippen molar-refractivity contribution in [3.63, 3.8) is 0 Å². The van der Waals surface area contributed by atoms with Crippen LogP contribution < -0.4 is 11.1 Å². The maximum absolute atomic E-state index is 13.3. The molecule has 0 aliphatic carbocycles. The van der Waals surface area contributed by atoms with E-state index in [9.17, 15) is 9.90 Å². The highest BCUT2D eigenvalue weighted by molar-refractivity contribution is 6.31. The number of rotatable bonds is 1. The highest BCUT2D eigenvalue weighted by atomic mass is 16.6. The number of hydrogen-bond acceptors (Lipinski definition) is 5. The molecule has 176 valence electrons. The first-order chi connectivity index (χ1) is 17.0. The number of carbonyl (C=O) groups is 1. The van der Waals surface area contributed by atoms with Gasteiger partial charge in [-0.05, 0) is 24.6 Å². The first-order valence-electron chi connectivity index (χ1n) is 11.9. The Morgan fingerprint density at radius 3 is 2.74 bits per heavy atom. The molecule has 3 aliphatic rings. The zero-order valence-electron chi connectivity index (χ0n) is 19.3. The van der Waals surface area contributed by atoms with Gasteiger partial charge in [0, 0.05) is 47.7 Å². The minimum Gasteiger partial charge on any atom is -0.506 e.